The topological polar surface area (TPSA) is 44.4 Å². The lowest BCUT2D eigenvalue weighted by atomic mass is 9.79. The Morgan fingerprint density at radius 1 is 1.17 bits per heavy atom. The molecule has 2 rings (SSSR count). The number of carbonyl (C=O) groups excluding carboxylic acids is 1. The molecule has 1 aliphatic heterocycles. The van der Waals surface area contributed by atoms with Crippen molar-refractivity contribution in [3.8, 4) is 0 Å². The molecule has 0 aromatic heterocycles. The van der Waals surface area contributed by atoms with Crippen LogP contribution in [0.25, 0.3) is 0 Å². The molecule has 1 saturated heterocycles. The summed E-state index contributed by atoms with van der Waals surface area (Å²) < 4.78 is 0. The minimum absolute atomic E-state index is 0. The van der Waals surface area contributed by atoms with E-state index in [1.54, 1.807) is 0 Å². The number of hydrogen-bond acceptors (Lipinski definition) is 3. The van der Waals surface area contributed by atoms with E-state index in [2.05, 4.69) is 29.4 Å². The fraction of sp³-hybridized carbons (Fsp3) is 0.947. The second kappa shape index (κ2) is 12.1. The predicted molar refractivity (Wildman–Crippen MR) is 104 cm³/mol. The average molecular weight is 360 g/mol. The van der Waals surface area contributed by atoms with Gasteiger partial charge in [-0.2, -0.15) is 0 Å². The van der Waals surface area contributed by atoms with Gasteiger partial charge in [0.05, 0.1) is 0 Å². The van der Waals surface area contributed by atoms with Crippen LogP contribution in [-0.2, 0) is 4.79 Å². The summed E-state index contributed by atoms with van der Waals surface area (Å²) in [7, 11) is 0. The largest absolute Gasteiger partial charge is 0.356 e. The zero-order valence-corrected chi connectivity index (χ0v) is 16.5. The number of amides is 1. The maximum absolute atomic E-state index is 12.6. The molecular formula is C19H38ClN3O. The zero-order valence-electron chi connectivity index (χ0n) is 15.7. The number of rotatable bonds is 8. The van der Waals surface area contributed by atoms with Crippen LogP contribution in [0, 0.1) is 17.8 Å². The van der Waals surface area contributed by atoms with Crippen LogP contribution in [0.15, 0.2) is 0 Å². The number of carbonyl (C=O) groups is 1. The smallest absolute Gasteiger partial charge is 0.223 e. The van der Waals surface area contributed by atoms with E-state index in [1.165, 1.54) is 32.1 Å². The zero-order chi connectivity index (χ0) is 16.5. The van der Waals surface area contributed by atoms with E-state index in [1.807, 2.05) is 0 Å². The van der Waals surface area contributed by atoms with Crippen molar-refractivity contribution in [2.24, 2.45) is 17.8 Å². The van der Waals surface area contributed by atoms with Gasteiger partial charge in [-0.05, 0) is 31.2 Å². The van der Waals surface area contributed by atoms with Gasteiger partial charge in [-0.15, -0.1) is 12.4 Å². The van der Waals surface area contributed by atoms with E-state index in [4.69, 9.17) is 0 Å². The number of piperazine rings is 1. The van der Waals surface area contributed by atoms with Gasteiger partial charge in [-0.1, -0.05) is 46.0 Å². The summed E-state index contributed by atoms with van der Waals surface area (Å²) in [5.41, 5.74) is 0. The van der Waals surface area contributed by atoms with Crippen molar-refractivity contribution in [1.29, 1.82) is 0 Å². The monoisotopic (exact) mass is 359 g/mol. The van der Waals surface area contributed by atoms with Crippen LogP contribution in [-0.4, -0.2) is 50.1 Å². The third-order valence-electron chi connectivity index (χ3n) is 5.61. The van der Waals surface area contributed by atoms with Crippen molar-refractivity contribution in [2.45, 2.75) is 58.8 Å². The third-order valence-corrected chi connectivity index (χ3v) is 5.61. The van der Waals surface area contributed by atoms with Gasteiger partial charge in [0.1, 0.15) is 0 Å². The van der Waals surface area contributed by atoms with Crippen LogP contribution in [0.3, 0.4) is 0 Å². The molecular weight excluding hydrogens is 322 g/mol. The van der Waals surface area contributed by atoms with Crippen molar-refractivity contribution >= 4 is 18.3 Å². The number of nitrogens with one attached hydrogen (secondary N) is 2. The van der Waals surface area contributed by atoms with Crippen molar-refractivity contribution in [3.05, 3.63) is 0 Å². The molecule has 0 aromatic rings. The molecule has 2 aliphatic rings. The molecule has 2 fully saturated rings. The lowest BCUT2D eigenvalue weighted by molar-refractivity contribution is -0.127. The van der Waals surface area contributed by atoms with Gasteiger partial charge < -0.3 is 15.5 Å². The molecule has 4 nitrogen and oxygen atoms in total. The summed E-state index contributed by atoms with van der Waals surface area (Å²) >= 11 is 0. The van der Waals surface area contributed by atoms with Crippen LogP contribution < -0.4 is 10.6 Å². The second-order valence-corrected chi connectivity index (χ2v) is 7.83. The minimum atomic E-state index is 0. The maximum atomic E-state index is 12.6. The van der Waals surface area contributed by atoms with Crippen LogP contribution in [0.5, 0.6) is 0 Å². The average Bonchev–Trinajstić information content (AvgIpc) is 2.58. The van der Waals surface area contributed by atoms with Gasteiger partial charge in [-0.25, -0.2) is 0 Å². The van der Waals surface area contributed by atoms with Crippen molar-refractivity contribution in [3.63, 3.8) is 0 Å². The highest BCUT2D eigenvalue weighted by Gasteiger charge is 2.26. The summed E-state index contributed by atoms with van der Waals surface area (Å²) in [5.74, 6) is 1.73. The van der Waals surface area contributed by atoms with Gasteiger partial charge in [-0.3, -0.25) is 4.79 Å². The van der Waals surface area contributed by atoms with Gasteiger partial charge in [0.25, 0.3) is 0 Å². The number of hydrogen-bond donors (Lipinski definition) is 2. The molecule has 1 heterocycles. The Labute approximate surface area is 154 Å². The normalized spacial score (nSPS) is 21.3. The first-order chi connectivity index (χ1) is 11.2. The highest BCUT2D eigenvalue weighted by atomic mass is 35.5. The molecule has 0 bridgehead atoms. The maximum Gasteiger partial charge on any atom is 0.223 e. The number of nitrogens with zero attached hydrogens (tertiary/aromatic N) is 1. The Bertz CT molecular complexity index is 340. The molecule has 0 aromatic carbocycles. The first-order valence-electron chi connectivity index (χ1n) is 9.87. The first kappa shape index (κ1) is 21.7. The van der Waals surface area contributed by atoms with Gasteiger partial charge in [0.15, 0.2) is 0 Å². The van der Waals surface area contributed by atoms with Crippen LogP contribution >= 0.6 is 12.4 Å². The lowest BCUT2D eigenvalue weighted by Gasteiger charge is -2.29. The summed E-state index contributed by atoms with van der Waals surface area (Å²) in [6.45, 7) is 10.8. The summed E-state index contributed by atoms with van der Waals surface area (Å²) in [4.78, 5) is 15.1. The van der Waals surface area contributed by atoms with E-state index in [-0.39, 0.29) is 18.3 Å². The Morgan fingerprint density at radius 3 is 2.46 bits per heavy atom. The molecule has 1 saturated carbocycles. The van der Waals surface area contributed by atoms with Crippen LogP contribution in [0.1, 0.15) is 58.8 Å². The Hall–Kier alpha value is -0.320. The van der Waals surface area contributed by atoms with Crippen LogP contribution in [0.4, 0.5) is 0 Å². The molecule has 0 spiro atoms. The first-order valence-corrected chi connectivity index (χ1v) is 9.87. The molecule has 2 N–H and O–H groups in total. The molecule has 0 radical (unpaired) electrons. The highest BCUT2D eigenvalue weighted by molar-refractivity contribution is 5.85. The highest BCUT2D eigenvalue weighted by Crippen LogP contribution is 2.31. The number of halogens is 1. The molecule has 1 unspecified atom stereocenters. The molecule has 1 atom stereocenters. The van der Waals surface area contributed by atoms with Crippen molar-refractivity contribution < 1.29 is 4.79 Å². The Morgan fingerprint density at radius 2 is 1.83 bits per heavy atom. The van der Waals surface area contributed by atoms with Crippen molar-refractivity contribution in [2.75, 3.05) is 39.3 Å². The SMILES string of the molecule is CC(C)C(CC1CCCCC1)C(=O)NCCCN1CCNCC1.Cl. The standard InChI is InChI=1S/C19H37N3O.ClH/c1-16(2)18(15-17-7-4-3-5-8-17)19(23)21-9-6-12-22-13-10-20-11-14-22;/h16-18,20H,3-15H2,1-2H3,(H,21,23);1H. The summed E-state index contributed by atoms with van der Waals surface area (Å²) in [5, 5.41) is 6.59. The van der Waals surface area contributed by atoms with E-state index >= 15 is 0 Å². The van der Waals surface area contributed by atoms with Crippen LogP contribution in [0.2, 0.25) is 0 Å². The van der Waals surface area contributed by atoms with E-state index < -0.39 is 0 Å². The van der Waals surface area contributed by atoms with Crippen molar-refractivity contribution in [1.82, 2.24) is 15.5 Å². The Kier molecular flexibility index (Phi) is 11.0. The third kappa shape index (κ3) is 7.71. The molecule has 1 amide bonds. The minimum Gasteiger partial charge on any atom is -0.356 e. The second-order valence-electron chi connectivity index (χ2n) is 7.83. The van der Waals surface area contributed by atoms with Gasteiger partial charge in [0.2, 0.25) is 5.91 Å². The Balaban J connectivity index is 0.00000288. The summed E-state index contributed by atoms with van der Waals surface area (Å²) in [6, 6.07) is 0. The summed E-state index contributed by atoms with van der Waals surface area (Å²) in [6.07, 6.45) is 8.95. The molecule has 5 heteroatoms. The predicted octanol–water partition coefficient (Wildman–Crippen LogP) is 3.06. The van der Waals surface area contributed by atoms with E-state index in [0.29, 0.717) is 11.8 Å². The molecule has 142 valence electrons. The van der Waals surface area contributed by atoms with E-state index in [0.717, 1.165) is 58.0 Å². The van der Waals surface area contributed by atoms with Gasteiger partial charge in [0, 0.05) is 38.6 Å². The van der Waals surface area contributed by atoms with Gasteiger partial charge >= 0.3 is 0 Å². The fourth-order valence-corrected chi connectivity index (χ4v) is 4.04. The molecule has 1 aliphatic carbocycles. The molecule has 24 heavy (non-hydrogen) atoms. The quantitative estimate of drug-likeness (QED) is 0.654. The van der Waals surface area contributed by atoms with E-state index in [9.17, 15) is 4.79 Å². The fourth-order valence-electron chi connectivity index (χ4n) is 4.04. The lowest BCUT2D eigenvalue weighted by Crippen LogP contribution is -2.44.